The Balaban J connectivity index is 1.38. The maximum atomic E-state index is 13.0. The summed E-state index contributed by atoms with van der Waals surface area (Å²) in [6.45, 7) is 5.47. The molecule has 0 radical (unpaired) electrons. The molecule has 2 fully saturated rings. The number of piperazine rings is 1. The maximum absolute atomic E-state index is 13.0. The Morgan fingerprint density at radius 2 is 1.57 bits per heavy atom. The molecule has 160 valence electrons. The molecule has 0 atom stereocenters. The number of amides is 1. The minimum atomic E-state index is -3.52. The minimum absolute atomic E-state index is 0.0458. The summed E-state index contributed by atoms with van der Waals surface area (Å²) in [6.07, 6.45) is 0. The predicted molar refractivity (Wildman–Crippen MR) is 114 cm³/mol. The molecule has 2 aromatic carbocycles. The van der Waals surface area contributed by atoms with E-state index in [9.17, 15) is 13.2 Å². The summed E-state index contributed by atoms with van der Waals surface area (Å²) in [4.78, 5) is 17.3. The molecule has 0 unspecified atom stereocenters. The normalized spacial score (nSPS) is 19.0. The van der Waals surface area contributed by atoms with Crippen molar-refractivity contribution in [2.45, 2.75) is 11.4 Å². The van der Waals surface area contributed by atoms with Crippen LogP contribution < -0.4 is 0 Å². The van der Waals surface area contributed by atoms with E-state index in [0.717, 1.165) is 38.4 Å². The van der Waals surface area contributed by atoms with Gasteiger partial charge in [0.05, 0.1) is 18.1 Å². The lowest BCUT2D eigenvalue weighted by Gasteiger charge is -2.34. The number of morpholine rings is 1. The molecule has 0 saturated carbocycles. The van der Waals surface area contributed by atoms with Gasteiger partial charge in [-0.15, -0.1) is 0 Å². The zero-order chi connectivity index (χ0) is 21.0. The molecule has 8 heteroatoms. The van der Waals surface area contributed by atoms with E-state index >= 15 is 0 Å². The monoisotopic (exact) mass is 429 g/mol. The highest BCUT2D eigenvalue weighted by Crippen LogP contribution is 2.19. The quantitative estimate of drug-likeness (QED) is 0.723. The molecule has 0 aliphatic carbocycles. The molecule has 0 aromatic heterocycles. The van der Waals surface area contributed by atoms with Crippen molar-refractivity contribution in [2.24, 2.45) is 0 Å². The van der Waals surface area contributed by atoms with Crippen LogP contribution in [0.2, 0.25) is 0 Å². The van der Waals surface area contributed by atoms with Crippen LogP contribution >= 0.6 is 0 Å². The van der Waals surface area contributed by atoms with Crippen LogP contribution in [-0.2, 0) is 21.3 Å². The molecule has 2 saturated heterocycles. The Kier molecular flexibility index (Phi) is 6.48. The molecule has 4 rings (SSSR count). The fourth-order valence-electron chi connectivity index (χ4n) is 3.88. The third-order valence-electron chi connectivity index (χ3n) is 5.59. The van der Waals surface area contributed by atoms with Gasteiger partial charge in [-0.2, -0.15) is 4.31 Å². The second-order valence-corrected chi connectivity index (χ2v) is 9.54. The Hall–Kier alpha value is -2.26. The van der Waals surface area contributed by atoms with Crippen molar-refractivity contribution in [3.05, 3.63) is 65.7 Å². The number of carbonyl (C=O) groups is 1. The van der Waals surface area contributed by atoms with Crippen molar-refractivity contribution in [1.82, 2.24) is 14.1 Å². The number of sulfonamides is 1. The van der Waals surface area contributed by atoms with Crippen molar-refractivity contribution in [3.8, 4) is 0 Å². The van der Waals surface area contributed by atoms with E-state index in [-0.39, 0.29) is 5.91 Å². The Morgan fingerprint density at radius 3 is 2.27 bits per heavy atom. The molecule has 2 aromatic rings. The minimum Gasteiger partial charge on any atom is -0.379 e. The second-order valence-electron chi connectivity index (χ2n) is 7.60. The summed E-state index contributed by atoms with van der Waals surface area (Å²) in [5.41, 5.74) is 1.76. The van der Waals surface area contributed by atoms with Gasteiger partial charge in [-0.05, 0) is 29.8 Å². The van der Waals surface area contributed by atoms with Crippen molar-refractivity contribution in [1.29, 1.82) is 0 Å². The summed E-state index contributed by atoms with van der Waals surface area (Å²) in [5, 5.41) is 0. The van der Waals surface area contributed by atoms with Crippen molar-refractivity contribution in [2.75, 3.05) is 52.5 Å². The van der Waals surface area contributed by atoms with E-state index in [0.29, 0.717) is 36.6 Å². The largest absolute Gasteiger partial charge is 0.379 e. The number of rotatable bonds is 5. The van der Waals surface area contributed by atoms with E-state index in [1.54, 1.807) is 35.2 Å². The Bertz CT molecular complexity index is 967. The van der Waals surface area contributed by atoms with Crippen LogP contribution in [0.25, 0.3) is 0 Å². The van der Waals surface area contributed by atoms with Crippen LogP contribution in [0.3, 0.4) is 0 Å². The van der Waals surface area contributed by atoms with Crippen molar-refractivity contribution in [3.63, 3.8) is 0 Å². The van der Waals surface area contributed by atoms with Gasteiger partial charge in [0.2, 0.25) is 10.0 Å². The van der Waals surface area contributed by atoms with E-state index in [2.05, 4.69) is 4.90 Å². The molecular weight excluding hydrogens is 402 g/mol. The van der Waals surface area contributed by atoms with Gasteiger partial charge in [-0.1, -0.05) is 30.3 Å². The topological polar surface area (TPSA) is 70.2 Å². The summed E-state index contributed by atoms with van der Waals surface area (Å²) in [7, 11) is -3.52. The molecule has 0 spiro atoms. The molecule has 2 heterocycles. The molecule has 2 aliphatic heterocycles. The van der Waals surface area contributed by atoms with Gasteiger partial charge in [-0.25, -0.2) is 8.42 Å². The molecular formula is C22H27N3O4S. The number of carbonyl (C=O) groups excluding carboxylic acids is 1. The average molecular weight is 430 g/mol. The second kappa shape index (κ2) is 9.26. The first-order valence-corrected chi connectivity index (χ1v) is 11.7. The van der Waals surface area contributed by atoms with Crippen molar-refractivity contribution >= 4 is 15.9 Å². The third-order valence-corrected chi connectivity index (χ3v) is 7.50. The van der Waals surface area contributed by atoms with E-state index in [1.165, 1.54) is 4.31 Å². The molecule has 1 amide bonds. The first kappa shape index (κ1) is 21.0. The van der Waals surface area contributed by atoms with Gasteiger partial charge in [-0.3, -0.25) is 9.69 Å². The molecule has 0 N–H and O–H groups in total. The first-order chi connectivity index (χ1) is 14.5. The van der Waals surface area contributed by atoms with Gasteiger partial charge in [0, 0.05) is 51.4 Å². The van der Waals surface area contributed by atoms with E-state index in [1.807, 2.05) is 24.3 Å². The smallest absolute Gasteiger partial charge is 0.253 e. The number of ether oxygens (including phenoxy) is 1. The fourth-order valence-corrected chi connectivity index (χ4v) is 5.32. The summed E-state index contributed by atoms with van der Waals surface area (Å²) >= 11 is 0. The zero-order valence-electron chi connectivity index (χ0n) is 16.9. The lowest BCUT2D eigenvalue weighted by molar-refractivity contribution is 0.0341. The van der Waals surface area contributed by atoms with Crippen LogP contribution in [0, 0.1) is 0 Å². The predicted octanol–water partition coefficient (Wildman–Crippen LogP) is 1.67. The van der Waals surface area contributed by atoms with Gasteiger partial charge >= 0.3 is 0 Å². The highest BCUT2D eigenvalue weighted by Gasteiger charge is 2.30. The van der Waals surface area contributed by atoms with Crippen LogP contribution in [0.4, 0.5) is 0 Å². The highest BCUT2D eigenvalue weighted by molar-refractivity contribution is 7.89. The van der Waals surface area contributed by atoms with Crippen molar-refractivity contribution < 1.29 is 17.9 Å². The first-order valence-electron chi connectivity index (χ1n) is 10.3. The molecule has 30 heavy (non-hydrogen) atoms. The SMILES string of the molecule is O=C(c1cccc(CN2CCOCC2)c1)N1CCN(S(=O)(=O)c2ccccc2)CC1. The maximum Gasteiger partial charge on any atom is 0.253 e. The lowest BCUT2D eigenvalue weighted by Crippen LogP contribution is -2.50. The van der Waals surface area contributed by atoms with Crippen LogP contribution in [0.15, 0.2) is 59.5 Å². The number of hydrogen-bond acceptors (Lipinski definition) is 5. The molecule has 2 aliphatic rings. The Morgan fingerprint density at radius 1 is 0.867 bits per heavy atom. The molecule has 7 nitrogen and oxygen atoms in total. The third kappa shape index (κ3) is 4.73. The van der Waals surface area contributed by atoms with Gasteiger partial charge < -0.3 is 9.64 Å². The zero-order valence-corrected chi connectivity index (χ0v) is 17.8. The number of benzene rings is 2. The average Bonchev–Trinajstić information content (AvgIpc) is 2.80. The Labute approximate surface area is 177 Å². The van der Waals surface area contributed by atoms with E-state index < -0.39 is 10.0 Å². The van der Waals surface area contributed by atoms with Gasteiger partial charge in [0.15, 0.2) is 0 Å². The molecule has 0 bridgehead atoms. The lowest BCUT2D eigenvalue weighted by atomic mass is 10.1. The fraction of sp³-hybridized carbons (Fsp3) is 0.409. The van der Waals surface area contributed by atoms with Gasteiger partial charge in [0.25, 0.3) is 5.91 Å². The number of hydrogen-bond donors (Lipinski definition) is 0. The van der Waals surface area contributed by atoms with Crippen LogP contribution in [0.5, 0.6) is 0 Å². The summed E-state index contributed by atoms with van der Waals surface area (Å²) in [6, 6.07) is 16.2. The summed E-state index contributed by atoms with van der Waals surface area (Å²) < 4.78 is 32.4. The standard InChI is InChI=1S/C22H27N3O4S/c26-22(20-6-4-5-19(17-20)18-23-13-15-29-16-14-23)24-9-11-25(12-10-24)30(27,28)21-7-2-1-3-8-21/h1-8,17H,9-16,18H2. The van der Waals surface area contributed by atoms with Gasteiger partial charge in [0.1, 0.15) is 0 Å². The van der Waals surface area contributed by atoms with Crippen LogP contribution in [-0.4, -0.2) is 80.9 Å². The number of nitrogens with zero attached hydrogens (tertiary/aromatic N) is 3. The highest BCUT2D eigenvalue weighted by atomic mass is 32.2. The summed E-state index contributed by atoms with van der Waals surface area (Å²) in [5.74, 6) is -0.0458. The van der Waals surface area contributed by atoms with E-state index in [4.69, 9.17) is 4.74 Å². The van der Waals surface area contributed by atoms with Crippen LogP contribution in [0.1, 0.15) is 15.9 Å².